The molecule has 5 N–H and O–H groups in total. The van der Waals surface area contributed by atoms with E-state index in [0.29, 0.717) is 6.42 Å². The Kier molecular flexibility index (Phi) is 6.02. The van der Waals surface area contributed by atoms with Gasteiger partial charge in [0.25, 0.3) is 11.8 Å². The molecule has 4 unspecified atom stereocenters. The van der Waals surface area contributed by atoms with Gasteiger partial charge in [0.2, 0.25) is 5.91 Å². The molecule has 1 aromatic heterocycles. The molecular formula is C23H24N4O5. The first-order valence-electron chi connectivity index (χ1n) is 10.3. The molecule has 2 aliphatic rings. The van der Waals surface area contributed by atoms with Gasteiger partial charge in [-0.25, -0.2) is 0 Å². The topological polar surface area (TPSA) is 146 Å². The van der Waals surface area contributed by atoms with Crippen LogP contribution in [0, 0.1) is 0 Å². The van der Waals surface area contributed by atoms with Crippen LogP contribution in [-0.2, 0) is 22.6 Å². The number of amides is 3. The third-order valence-corrected chi connectivity index (χ3v) is 5.91. The van der Waals surface area contributed by atoms with Crippen LogP contribution < -0.4 is 11.1 Å². The maximum atomic E-state index is 13.4. The van der Waals surface area contributed by atoms with Crippen LogP contribution in [0.4, 0.5) is 0 Å². The molecule has 2 aromatic rings. The second kappa shape index (κ2) is 8.89. The van der Waals surface area contributed by atoms with E-state index in [2.05, 4.69) is 10.3 Å². The van der Waals surface area contributed by atoms with E-state index in [9.17, 15) is 24.6 Å². The van der Waals surface area contributed by atoms with Crippen molar-refractivity contribution in [1.29, 1.82) is 0 Å². The Morgan fingerprint density at radius 2 is 1.81 bits per heavy atom. The number of carbonyl (C=O) groups is 3. The zero-order chi connectivity index (χ0) is 22.8. The predicted molar refractivity (Wildman–Crippen MR) is 114 cm³/mol. The molecule has 0 saturated heterocycles. The molecule has 1 aromatic carbocycles. The van der Waals surface area contributed by atoms with Crippen molar-refractivity contribution in [1.82, 2.24) is 15.2 Å². The first-order valence-corrected chi connectivity index (χ1v) is 10.3. The number of pyridine rings is 1. The normalized spacial score (nSPS) is 24.8. The Morgan fingerprint density at radius 3 is 2.50 bits per heavy atom. The lowest BCUT2D eigenvalue weighted by atomic mass is 9.87. The molecule has 0 radical (unpaired) electrons. The summed E-state index contributed by atoms with van der Waals surface area (Å²) in [5.41, 5.74) is 7.93. The summed E-state index contributed by atoms with van der Waals surface area (Å²) in [4.78, 5) is 43.2. The van der Waals surface area contributed by atoms with Crippen LogP contribution in [-0.4, -0.2) is 62.1 Å². The van der Waals surface area contributed by atoms with Crippen LogP contribution in [0.15, 0.2) is 60.4 Å². The highest BCUT2D eigenvalue weighted by atomic mass is 16.3. The monoisotopic (exact) mass is 436 g/mol. The number of benzene rings is 1. The minimum Gasteiger partial charge on any atom is -0.390 e. The number of nitrogens with zero attached hydrogens (tertiary/aromatic N) is 2. The van der Waals surface area contributed by atoms with E-state index in [1.807, 2.05) is 24.3 Å². The molecule has 4 atom stereocenters. The third kappa shape index (κ3) is 4.25. The summed E-state index contributed by atoms with van der Waals surface area (Å²) in [5, 5.41) is 23.4. The standard InChI is InChI=1S/C23H24N4O5/c24-21(30)18-9-13-4-1-2-5-15(13)12-27(18)23(32)16-8-17(20(29)19(28)10-16)26-22(31)14-6-3-7-25-11-14/h1-8,11,17-20,28-29H,9-10,12H2,(H2,24,30)(H,26,31). The molecule has 0 saturated carbocycles. The Balaban J connectivity index is 1.59. The number of nitrogens with two attached hydrogens (primary N) is 1. The van der Waals surface area contributed by atoms with Crippen LogP contribution in [0.2, 0.25) is 0 Å². The van der Waals surface area contributed by atoms with Gasteiger partial charge in [-0.15, -0.1) is 0 Å². The first-order chi connectivity index (χ1) is 15.3. The van der Waals surface area contributed by atoms with Gasteiger partial charge in [0, 0.05) is 37.4 Å². The molecule has 9 heteroatoms. The van der Waals surface area contributed by atoms with Crippen molar-refractivity contribution >= 4 is 17.7 Å². The van der Waals surface area contributed by atoms with Gasteiger partial charge in [-0.3, -0.25) is 19.4 Å². The predicted octanol–water partition coefficient (Wildman–Crippen LogP) is -0.329. The molecule has 0 bridgehead atoms. The molecule has 166 valence electrons. The molecule has 2 heterocycles. The van der Waals surface area contributed by atoms with Crippen molar-refractivity contribution in [3.05, 3.63) is 77.1 Å². The maximum Gasteiger partial charge on any atom is 0.253 e. The molecule has 3 amide bonds. The first kappa shape index (κ1) is 21.7. The summed E-state index contributed by atoms with van der Waals surface area (Å²) >= 11 is 0. The summed E-state index contributed by atoms with van der Waals surface area (Å²) < 4.78 is 0. The lowest BCUT2D eigenvalue weighted by Gasteiger charge is -2.38. The second-order valence-corrected chi connectivity index (χ2v) is 8.02. The summed E-state index contributed by atoms with van der Waals surface area (Å²) in [6, 6.07) is 8.85. The van der Waals surface area contributed by atoms with E-state index in [4.69, 9.17) is 5.73 Å². The highest BCUT2D eigenvalue weighted by Crippen LogP contribution is 2.28. The Bertz CT molecular complexity index is 1070. The number of aliphatic hydroxyl groups is 2. The van der Waals surface area contributed by atoms with Crippen LogP contribution in [0.3, 0.4) is 0 Å². The van der Waals surface area contributed by atoms with Gasteiger partial charge in [0.05, 0.1) is 17.7 Å². The molecule has 32 heavy (non-hydrogen) atoms. The van der Waals surface area contributed by atoms with Crippen molar-refractivity contribution in [2.75, 3.05) is 0 Å². The third-order valence-electron chi connectivity index (χ3n) is 5.91. The lowest BCUT2D eigenvalue weighted by Crippen LogP contribution is -2.54. The number of carbonyl (C=O) groups excluding carboxylic acids is 3. The maximum absolute atomic E-state index is 13.4. The molecule has 9 nitrogen and oxygen atoms in total. The average molecular weight is 436 g/mol. The van der Waals surface area contributed by atoms with Crippen LogP contribution in [0.25, 0.3) is 0 Å². The second-order valence-electron chi connectivity index (χ2n) is 8.02. The number of primary amides is 1. The summed E-state index contributed by atoms with van der Waals surface area (Å²) in [6.07, 6.45) is 1.98. The molecule has 0 spiro atoms. The van der Waals surface area contributed by atoms with E-state index < -0.39 is 42.0 Å². The van der Waals surface area contributed by atoms with Crippen molar-refractivity contribution < 1.29 is 24.6 Å². The highest BCUT2D eigenvalue weighted by molar-refractivity contribution is 5.98. The number of nitrogens with one attached hydrogen (secondary N) is 1. The Labute approximate surface area is 184 Å². The molecule has 4 rings (SSSR count). The minimum atomic E-state index is -1.29. The summed E-state index contributed by atoms with van der Waals surface area (Å²) in [7, 11) is 0. The van der Waals surface area contributed by atoms with E-state index in [1.54, 1.807) is 12.1 Å². The van der Waals surface area contributed by atoms with Crippen molar-refractivity contribution in [2.24, 2.45) is 5.73 Å². The minimum absolute atomic E-state index is 0.108. The van der Waals surface area contributed by atoms with E-state index in [-0.39, 0.29) is 24.1 Å². The SMILES string of the molecule is NC(=O)C1Cc2ccccc2CN1C(=O)C1=CC(NC(=O)c2cccnc2)C(O)C(O)C1. The average Bonchev–Trinajstić information content (AvgIpc) is 2.81. The van der Waals surface area contributed by atoms with E-state index in [1.165, 1.54) is 23.4 Å². The van der Waals surface area contributed by atoms with Crippen LogP contribution >= 0.6 is 0 Å². The quantitative estimate of drug-likeness (QED) is 0.516. The molecule has 1 aliphatic carbocycles. The number of hydrogen-bond donors (Lipinski definition) is 4. The van der Waals surface area contributed by atoms with E-state index >= 15 is 0 Å². The zero-order valence-electron chi connectivity index (χ0n) is 17.2. The largest absolute Gasteiger partial charge is 0.390 e. The van der Waals surface area contributed by atoms with Gasteiger partial charge in [-0.2, -0.15) is 0 Å². The number of aromatic nitrogens is 1. The van der Waals surface area contributed by atoms with Gasteiger partial charge in [-0.05, 0) is 23.3 Å². The van der Waals surface area contributed by atoms with Crippen molar-refractivity contribution in [2.45, 2.75) is 43.7 Å². The van der Waals surface area contributed by atoms with Gasteiger partial charge in [0.1, 0.15) is 12.1 Å². The van der Waals surface area contributed by atoms with Gasteiger partial charge < -0.3 is 26.2 Å². The Morgan fingerprint density at radius 1 is 1.06 bits per heavy atom. The fourth-order valence-corrected chi connectivity index (χ4v) is 4.16. The number of aliphatic hydroxyl groups excluding tert-OH is 2. The van der Waals surface area contributed by atoms with Crippen molar-refractivity contribution in [3.63, 3.8) is 0 Å². The highest BCUT2D eigenvalue weighted by Gasteiger charge is 2.39. The van der Waals surface area contributed by atoms with Gasteiger partial charge >= 0.3 is 0 Å². The van der Waals surface area contributed by atoms with Crippen LogP contribution in [0.5, 0.6) is 0 Å². The molecule has 0 fully saturated rings. The summed E-state index contributed by atoms with van der Waals surface area (Å²) in [5.74, 6) is -1.58. The zero-order valence-corrected chi connectivity index (χ0v) is 17.2. The van der Waals surface area contributed by atoms with E-state index in [0.717, 1.165) is 11.1 Å². The fourth-order valence-electron chi connectivity index (χ4n) is 4.16. The van der Waals surface area contributed by atoms with Crippen molar-refractivity contribution in [3.8, 4) is 0 Å². The van der Waals surface area contributed by atoms with Gasteiger partial charge in [-0.1, -0.05) is 30.3 Å². The lowest BCUT2D eigenvalue weighted by molar-refractivity contribution is -0.138. The summed E-state index contributed by atoms with van der Waals surface area (Å²) in [6.45, 7) is 0.200. The number of fused-ring (bicyclic) bond motifs is 1. The number of hydrogen-bond acceptors (Lipinski definition) is 6. The fraction of sp³-hybridized carbons (Fsp3) is 0.304. The number of rotatable bonds is 4. The van der Waals surface area contributed by atoms with Crippen LogP contribution in [0.1, 0.15) is 27.9 Å². The molecule has 1 aliphatic heterocycles. The smallest absolute Gasteiger partial charge is 0.253 e. The Hall–Kier alpha value is -3.56. The van der Waals surface area contributed by atoms with Gasteiger partial charge in [0.15, 0.2) is 0 Å². The molecular weight excluding hydrogens is 412 g/mol.